The van der Waals surface area contributed by atoms with Gasteiger partial charge in [-0.05, 0) is 11.1 Å². The van der Waals surface area contributed by atoms with Crippen LogP contribution in [0, 0.1) is 0 Å². The fraction of sp³-hybridized carbons (Fsp3) is 0. The smallest absolute Gasteiger partial charge is 0.159 e. The van der Waals surface area contributed by atoms with Crippen LogP contribution in [0.4, 0.5) is 0 Å². The average Bonchev–Trinajstić information content (AvgIpc) is 2.85. The molecule has 30 heavy (non-hydrogen) atoms. The maximum absolute atomic E-state index is 4.53. The van der Waals surface area contributed by atoms with E-state index in [0.717, 1.165) is 33.4 Å². The lowest BCUT2D eigenvalue weighted by Gasteiger charge is -2.05. The molecule has 142 valence electrons. The Morgan fingerprint density at radius 2 is 0.633 bits per heavy atom. The summed E-state index contributed by atoms with van der Waals surface area (Å²) in [5.41, 5.74) is 6.13. The maximum Gasteiger partial charge on any atom is 0.159 e. The topological polar surface area (TPSA) is 51.6 Å². The summed E-state index contributed by atoms with van der Waals surface area (Å²) < 4.78 is 0. The third-order valence-electron chi connectivity index (χ3n) is 4.92. The molecular formula is C26H18N4. The predicted octanol–water partition coefficient (Wildman–Crippen LogP) is 5.93. The molecule has 0 aliphatic rings. The molecular weight excluding hydrogens is 368 g/mol. The van der Waals surface area contributed by atoms with Gasteiger partial charge in [-0.1, -0.05) is 84.9 Å². The van der Waals surface area contributed by atoms with E-state index in [-0.39, 0.29) is 0 Å². The molecule has 4 nitrogen and oxygen atoms in total. The molecule has 0 saturated heterocycles. The van der Waals surface area contributed by atoms with E-state index in [4.69, 9.17) is 0 Å². The highest BCUT2D eigenvalue weighted by Crippen LogP contribution is 2.24. The van der Waals surface area contributed by atoms with Gasteiger partial charge in [-0.2, -0.15) is 0 Å². The van der Waals surface area contributed by atoms with Crippen molar-refractivity contribution in [3.8, 4) is 45.0 Å². The monoisotopic (exact) mass is 386 g/mol. The minimum absolute atomic E-state index is 0.696. The molecule has 0 aliphatic carbocycles. The summed E-state index contributed by atoms with van der Waals surface area (Å²) >= 11 is 0. The summed E-state index contributed by atoms with van der Waals surface area (Å²) in [6, 6.07) is 28.3. The van der Waals surface area contributed by atoms with Gasteiger partial charge in [0.2, 0.25) is 0 Å². The highest BCUT2D eigenvalue weighted by Gasteiger charge is 2.06. The summed E-state index contributed by atoms with van der Waals surface area (Å²) in [4.78, 5) is 18.1. The normalized spacial score (nSPS) is 10.7. The molecule has 0 amide bonds. The molecule has 0 radical (unpaired) electrons. The Bertz CT molecular complexity index is 1130. The van der Waals surface area contributed by atoms with Gasteiger partial charge >= 0.3 is 0 Å². The Hall–Kier alpha value is -4.18. The van der Waals surface area contributed by atoms with E-state index in [9.17, 15) is 0 Å². The lowest BCUT2D eigenvalue weighted by atomic mass is 10.1. The first-order valence-corrected chi connectivity index (χ1v) is 9.72. The van der Waals surface area contributed by atoms with Gasteiger partial charge in [0, 0.05) is 47.0 Å². The Kier molecular flexibility index (Phi) is 4.80. The van der Waals surface area contributed by atoms with Crippen LogP contribution in [0.25, 0.3) is 45.0 Å². The molecule has 0 spiro atoms. The molecule has 2 heterocycles. The quantitative estimate of drug-likeness (QED) is 0.384. The number of nitrogens with zero attached hydrogens (tertiary/aromatic N) is 4. The zero-order chi connectivity index (χ0) is 20.2. The van der Waals surface area contributed by atoms with Gasteiger partial charge in [-0.25, -0.2) is 19.9 Å². The molecule has 0 bridgehead atoms. The van der Waals surface area contributed by atoms with Crippen LogP contribution in [0.15, 0.2) is 110 Å². The zero-order valence-electron chi connectivity index (χ0n) is 16.2. The van der Waals surface area contributed by atoms with E-state index >= 15 is 0 Å². The maximum atomic E-state index is 4.53. The van der Waals surface area contributed by atoms with Crippen molar-refractivity contribution in [2.24, 2.45) is 0 Å². The van der Waals surface area contributed by atoms with Crippen molar-refractivity contribution in [2.45, 2.75) is 0 Å². The summed E-state index contributed by atoms with van der Waals surface area (Å²) in [7, 11) is 0. The van der Waals surface area contributed by atoms with Crippen LogP contribution in [0.5, 0.6) is 0 Å². The van der Waals surface area contributed by atoms with Gasteiger partial charge in [0.1, 0.15) is 0 Å². The van der Waals surface area contributed by atoms with Gasteiger partial charge < -0.3 is 0 Å². The van der Waals surface area contributed by atoms with Gasteiger partial charge in [0.25, 0.3) is 0 Å². The lowest BCUT2D eigenvalue weighted by molar-refractivity contribution is 1.17. The molecule has 0 saturated carbocycles. The van der Waals surface area contributed by atoms with E-state index in [2.05, 4.69) is 44.2 Å². The van der Waals surface area contributed by atoms with E-state index in [0.29, 0.717) is 11.6 Å². The van der Waals surface area contributed by atoms with Crippen molar-refractivity contribution in [1.82, 2.24) is 19.9 Å². The Balaban J connectivity index is 1.35. The SMILES string of the molecule is c1ccc(-c2cnc(-c3ccc(-c4ncc(-c5ccccc5)cn4)cc3)nc2)cc1. The van der Waals surface area contributed by atoms with E-state index < -0.39 is 0 Å². The minimum Gasteiger partial charge on any atom is -0.236 e. The van der Waals surface area contributed by atoms with Crippen LogP contribution in [-0.2, 0) is 0 Å². The van der Waals surface area contributed by atoms with Gasteiger partial charge in [-0.3, -0.25) is 0 Å². The number of rotatable bonds is 4. The molecule has 0 unspecified atom stereocenters. The summed E-state index contributed by atoms with van der Waals surface area (Å²) in [5.74, 6) is 1.39. The Morgan fingerprint density at radius 3 is 0.967 bits per heavy atom. The zero-order valence-corrected chi connectivity index (χ0v) is 16.2. The second kappa shape index (κ2) is 8.05. The second-order valence-corrected chi connectivity index (χ2v) is 6.90. The minimum atomic E-state index is 0.696. The van der Waals surface area contributed by atoms with Crippen LogP contribution < -0.4 is 0 Å². The van der Waals surface area contributed by atoms with Crippen molar-refractivity contribution in [3.63, 3.8) is 0 Å². The molecule has 0 aliphatic heterocycles. The molecule has 4 heteroatoms. The second-order valence-electron chi connectivity index (χ2n) is 6.90. The van der Waals surface area contributed by atoms with Crippen molar-refractivity contribution >= 4 is 0 Å². The Labute approximate surface area is 175 Å². The van der Waals surface area contributed by atoms with Crippen LogP contribution in [0.1, 0.15) is 0 Å². The van der Waals surface area contributed by atoms with Crippen molar-refractivity contribution in [3.05, 3.63) is 110 Å². The molecule has 0 N–H and O–H groups in total. The third-order valence-corrected chi connectivity index (χ3v) is 4.92. The fourth-order valence-corrected chi connectivity index (χ4v) is 3.28. The number of hydrogen-bond donors (Lipinski definition) is 0. The summed E-state index contributed by atoms with van der Waals surface area (Å²) in [6.45, 7) is 0. The number of aromatic nitrogens is 4. The van der Waals surface area contributed by atoms with E-state index in [1.165, 1.54) is 0 Å². The van der Waals surface area contributed by atoms with Gasteiger partial charge in [0.05, 0.1) is 0 Å². The van der Waals surface area contributed by atoms with Crippen LogP contribution in [0.2, 0.25) is 0 Å². The van der Waals surface area contributed by atoms with Crippen molar-refractivity contribution in [1.29, 1.82) is 0 Å². The van der Waals surface area contributed by atoms with Gasteiger partial charge in [0.15, 0.2) is 11.6 Å². The van der Waals surface area contributed by atoms with Gasteiger partial charge in [-0.15, -0.1) is 0 Å². The van der Waals surface area contributed by atoms with E-state index in [1.54, 1.807) is 0 Å². The van der Waals surface area contributed by atoms with E-state index in [1.807, 2.05) is 85.5 Å². The molecule has 5 aromatic rings. The standard InChI is InChI=1S/C26H18N4/c1-3-7-19(8-4-1)23-15-27-25(28-16-23)21-11-13-22(14-12-21)26-29-17-24(18-30-26)20-9-5-2-6-10-20/h1-18H. The molecule has 5 rings (SSSR count). The fourth-order valence-electron chi connectivity index (χ4n) is 3.28. The average molecular weight is 386 g/mol. The lowest BCUT2D eigenvalue weighted by Crippen LogP contribution is -1.92. The highest BCUT2D eigenvalue weighted by atomic mass is 14.9. The largest absolute Gasteiger partial charge is 0.236 e. The molecule has 2 aromatic heterocycles. The predicted molar refractivity (Wildman–Crippen MR) is 119 cm³/mol. The van der Waals surface area contributed by atoms with Crippen LogP contribution >= 0.6 is 0 Å². The first kappa shape index (κ1) is 17.9. The van der Waals surface area contributed by atoms with Crippen molar-refractivity contribution in [2.75, 3.05) is 0 Å². The van der Waals surface area contributed by atoms with Crippen LogP contribution in [-0.4, -0.2) is 19.9 Å². The summed E-state index contributed by atoms with van der Waals surface area (Å²) in [5, 5.41) is 0. The summed E-state index contributed by atoms with van der Waals surface area (Å²) in [6.07, 6.45) is 7.43. The first-order valence-electron chi connectivity index (χ1n) is 9.72. The highest BCUT2D eigenvalue weighted by molar-refractivity contribution is 5.67. The van der Waals surface area contributed by atoms with Crippen molar-refractivity contribution < 1.29 is 0 Å². The third kappa shape index (κ3) is 3.71. The molecule has 0 fully saturated rings. The molecule has 3 aromatic carbocycles. The number of benzene rings is 3. The number of hydrogen-bond acceptors (Lipinski definition) is 4. The Morgan fingerprint density at radius 1 is 0.300 bits per heavy atom. The first-order chi connectivity index (χ1) is 14.9. The molecule has 0 atom stereocenters. The van der Waals surface area contributed by atoms with Crippen LogP contribution in [0.3, 0.4) is 0 Å².